The lowest BCUT2D eigenvalue weighted by molar-refractivity contribution is 0.669. The second kappa shape index (κ2) is 28.2. The third-order valence-corrected chi connectivity index (χ3v) is 25.2. The molecule has 0 amide bonds. The Balaban J connectivity index is 0.613. The number of aromatic nitrogens is 10. The second-order valence-electron chi connectivity index (χ2n) is 32.4. The van der Waals surface area contributed by atoms with Gasteiger partial charge in [-0.1, -0.05) is 303 Å². The first-order valence-corrected chi connectivity index (χ1v) is 42.4. The molecule has 126 heavy (non-hydrogen) atoms. The fourth-order valence-corrected chi connectivity index (χ4v) is 19.5. The lowest BCUT2D eigenvalue weighted by Gasteiger charge is -2.13. The van der Waals surface area contributed by atoms with Gasteiger partial charge in [0.15, 0.2) is 34.9 Å². The van der Waals surface area contributed by atoms with Crippen LogP contribution in [-0.4, -0.2) is 48.2 Å². The number of furan rings is 2. The summed E-state index contributed by atoms with van der Waals surface area (Å²) in [5, 5.41) is 13.4. The maximum Gasteiger partial charge on any atom is 0.164 e. The number of nitrogens with zero attached hydrogens (tertiary/aromatic N) is 10. The summed E-state index contributed by atoms with van der Waals surface area (Å²) >= 11 is 0. The van der Waals surface area contributed by atoms with Crippen molar-refractivity contribution in [2.75, 3.05) is 0 Å². The minimum Gasteiger partial charge on any atom is -0.456 e. The van der Waals surface area contributed by atoms with Crippen molar-refractivity contribution in [2.45, 2.75) is 0 Å². The van der Waals surface area contributed by atoms with Gasteiger partial charge in [0.05, 0.1) is 44.1 Å². The van der Waals surface area contributed by atoms with Gasteiger partial charge in [-0.25, -0.2) is 29.9 Å². The Morgan fingerprint density at radius 2 is 0.508 bits per heavy atom. The molecule has 12 nitrogen and oxygen atoms in total. The monoisotopic (exact) mass is 1610 g/mol. The molecule has 0 atom stereocenters. The fraction of sp³-hybridized carbons (Fsp3) is 0. The van der Waals surface area contributed by atoms with Crippen molar-refractivity contribution in [3.05, 3.63) is 413 Å². The number of hydrogen-bond donors (Lipinski definition) is 0. The zero-order chi connectivity index (χ0) is 82.6. The van der Waals surface area contributed by atoms with E-state index in [2.05, 4.69) is 297 Å². The summed E-state index contributed by atoms with van der Waals surface area (Å²) in [5.41, 5.74) is 27.9. The third-order valence-electron chi connectivity index (χ3n) is 25.2. The van der Waals surface area contributed by atoms with Crippen molar-refractivity contribution in [1.82, 2.24) is 48.2 Å². The first kappa shape index (κ1) is 70.6. The molecule has 0 aliphatic carbocycles. The van der Waals surface area contributed by atoms with Crippen LogP contribution in [0.2, 0.25) is 0 Å². The Hall–Kier alpha value is -17.2. The van der Waals surface area contributed by atoms with Crippen molar-refractivity contribution >= 4 is 131 Å². The van der Waals surface area contributed by atoms with Crippen LogP contribution in [0.4, 0.5) is 0 Å². The predicted molar refractivity (Wildman–Crippen MR) is 514 cm³/mol. The van der Waals surface area contributed by atoms with Gasteiger partial charge in [-0.3, -0.25) is 0 Å². The summed E-state index contributed by atoms with van der Waals surface area (Å²) in [5.74, 6) is 3.57. The zero-order valence-electron chi connectivity index (χ0n) is 67.5. The molecule has 586 valence electrons. The van der Waals surface area contributed by atoms with Gasteiger partial charge in [0.2, 0.25) is 0 Å². The van der Waals surface area contributed by atoms with Gasteiger partial charge in [-0.05, 0) is 137 Å². The summed E-state index contributed by atoms with van der Waals surface area (Å²) in [6, 6.07) is 147. The molecule has 26 aromatic rings. The van der Waals surface area contributed by atoms with E-state index in [0.29, 0.717) is 34.9 Å². The van der Waals surface area contributed by atoms with Crippen molar-refractivity contribution in [3.63, 3.8) is 0 Å². The number of rotatable bonds is 13. The number of hydrogen-bond acceptors (Lipinski definition) is 8. The van der Waals surface area contributed by atoms with Crippen LogP contribution in [0.3, 0.4) is 0 Å². The molecule has 8 aromatic heterocycles. The van der Waals surface area contributed by atoms with Crippen LogP contribution in [0.1, 0.15) is 0 Å². The minimum atomic E-state index is 0.575. The van der Waals surface area contributed by atoms with E-state index in [4.69, 9.17) is 38.7 Å². The van der Waals surface area contributed by atoms with E-state index >= 15 is 0 Å². The topological polar surface area (TPSA) is 123 Å². The summed E-state index contributed by atoms with van der Waals surface area (Å²) < 4.78 is 23.1. The minimum absolute atomic E-state index is 0.575. The molecule has 0 aliphatic heterocycles. The molecular weight excluding hydrogens is 1540 g/mol. The summed E-state index contributed by atoms with van der Waals surface area (Å²) in [6.45, 7) is 0. The van der Waals surface area contributed by atoms with Crippen LogP contribution in [0.5, 0.6) is 0 Å². The van der Waals surface area contributed by atoms with E-state index in [0.717, 1.165) is 215 Å². The highest BCUT2D eigenvalue weighted by molar-refractivity contribution is 6.28. The average molecular weight is 1610 g/mol. The molecule has 18 aromatic carbocycles. The molecule has 0 saturated heterocycles. The third kappa shape index (κ3) is 11.3. The quantitative estimate of drug-likeness (QED) is 0.112. The van der Waals surface area contributed by atoms with Crippen molar-refractivity contribution < 1.29 is 8.83 Å². The lowest BCUT2D eigenvalue weighted by Crippen LogP contribution is -2.01. The molecule has 8 heterocycles. The van der Waals surface area contributed by atoms with Crippen molar-refractivity contribution in [3.8, 4) is 124 Å². The van der Waals surface area contributed by atoms with Crippen molar-refractivity contribution in [1.29, 1.82) is 0 Å². The van der Waals surface area contributed by atoms with Gasteiger partial charge < -0.3 is 27.1 Å². The summed E-state index contributed by atoms with van der Waals surface area (Å²) in [6.07, 6.45) is 0. The summed E-state index contributed by atoms with van der Waals surface area (Å²) in [7, 11) is 0. The van der Waals surface area contributed by atoms with Crippen molar-refractivity contribution in [2.24, 2.45) is 0 Å². The highest BCUT2D eigenvalue weighted by Gasteiger charge is 2.27. The van der Waals surface area contributed by atoms with E-state index in [1.807, 2.05) is 133 Å². The molecule has 0 aliphatic rings. The molecule has 0 radical (unpaired) electrons. The number of fused-ring (bicyclic) bond motifs is 19. The number of para-hydroxylation sites is 3. The maximum atomic E-state index is 6.73. The smallest absolute Gasteiger partial charge is 0.164 e. The highest BCUT2D eigenvalue weighted by Crippen LogP contribution is 2.48. The summed E-state index contributed by atoms with van der Waals surface area (Å²) in [4.78, 5) is 31.0. The van der Waals surface area contributed by atoms with Gasteiger partial charge in [0, 0.05) is 127 Å². The Morgan fingerprint density at radius 1 is 0.151 bits per heavy atom. The van der Waals surface area contributed by atoms with Gasteiger partial charge in [-0.2, -0.15) is 0 Å². The molecule has 0 spiro atoms. The molecule has 26 rings (SSSR count). The second-order valence-corrected chi connectivity index (χ2v) is 32.4. The number of benzene rings is 18. The van der Waals surface area contributed by atoms with Crippen LogP contribution in [-0.2, 0) is 0 Å². The molecule has 0 saturated carbocycles. The largest absolute Gasteiger partial charge is 0.456 e. The lowest BCUT2D eigenvalue weighted by atomic mass is 9.96. The van der Waals surface area contributed by atoms with E-state index in [1.165, 1.54) is 5.39 Å². The van der Waals surface area contributed by atoms with Gasteiger partial charge >= 0.3 is 0 Å². The molecular formula is C114H68N10O2. The fourth-order valence-electron chi connectivity index (χ4n) is 19.5. The van der Waals surface area contributed by atoms with Crippen LogP contribution in [0.15, 0.2) is 421 Å². The Labute approximate surface area is 720 Å². The van der Waals surface area contributed by atoms with E-state index < -0.39 is 0 Å². The molecule has 0 N–H and O–H groups in total. The normalized spacial score (nSPS) is 12.0. The van der Waals surface area contributed by atoms with Crippen LogP contribution < -0.4 is 0 Å². The Morgan fingerprint density at radius 3 is 1.10 bits per heavy atom. The van der Waals surface area contributed by atoms with Crippen LogP contribution in [0, 0.1) is 0 Å². The van der Waals surface area contributed by atoms with Gasteiger partial charge in [-0.15, -0.1) is 0 Å². The molecule has 12 heteroatoms. The first-order chi connectivity index (χ1) is 62.4. The average Bonchev–Trinajstić information content (AvgIpc) is 1.56. The standard InChI is InChI=1S/C114H68N10O2/c1-6-25-69(26-7-1)76-52-56-89-98(64-76)123(83-53-57-87-92-67-93-88-40-17-20-45-102(88)126-105(93)68-101(92)124(99(87)65-83)81-38-23-36-79(62-81)114-119-111(74-31-12-4-13-32-74)116-112(120-114)75-33-14-5-15-34-75)95-44-24-42-84(106(89)95)71-49-47-70(48-50-71)77-51-55-86-85-39-16-19-43-94(85)121(97(86)63-77)82-54-58-90-100(66-82)122(96-59-60-104-108(107(90)96)91-41-18-21-46-103(91)125-104)80-37-22-35-78(61-80)113-117-109(72-27-8-2-9-28-72)115-110(118-113)73-29-10-3-11-30-73/h1-68H. The van der Waals surface area contributed by atoms with E-state index in [9.17, 15) is 0 Å². The highest BCUT2D eigenvalue weighted by atomic mass is 16.3. The molecule has 0 bridgehead atoms. The van der Waals surface area contributed by atoms with Gasteiger partial charge in [0.25, 0.3) is 0 Å². The van der Waals surface area contributed by atoms with Crippen LogP contribution >= 0.6 is 0 Å². The van der Waals surface area contributed by atoms with E-state index in [1.54, 1.807) is 0 Å². The predicted octanol–water partition coefficient (Wildman–Crippen LogP) is 29.2. The Kier molecular flexibility index (Phi) is 15.8. The SMILES string of the molecule is c1ccc(-c2ccc3c4c(-c5ccc(-c6ccc7c8ccccc8n(-c8ccc9c%10c%11c(ccc%10n(-c%10cccc(-c%12nc(-c%13ccccc%13)nc(-c%13ccccc%13)n%12)c%10)c9c8)oc8ccccc8%11)c7c6)cc5)cccc4n(-c4ccc5c6cc7c(cc6n(-c6cccc(-c8nc(-c9ccccc9)nc(-c9ccccc9)n8)c6)c5c4)oc4ccccc47)c3c2)cc1. The Bertz CT molecular complexity index is 8840. The molecule has 0 unspecified atom stereocenters. The molecule has 0 fully saturated rings. The first-order valence-electron chi connectivity index (χ1n) is 42.4. The zero-order valence-corrected chi connectivity index (χ0v) is 67.5. The van der Waals surface area contributed by atoms with E-state index in [-0.39, 0.29) is 0 Å². The van der Waals surface area contributed by atoms with Crippen LogP contribution in [0.25, 0.3) is 256 Å². The van der Waals surface area contributed by atoms with Gasteiger partial charge in [0.1, 0.15) is 22.3 Å². The maximum absolute atomic E-state index is 6.73.